The van der Waals surface area contributed by atoms with E-state index in [1.807, 2.05) is 61.7 Å². The third-order valence-corrected chi connectivity index (χ3v) is 3.21. The SMILES string of the molecule is Cc1c(=O)cc(-c2ccccc2)n2ccccc12. The fourth-order valence-corrected chi connectivity index (χ4v) is 2.22. The van der Waals surface area contributed by atoms with Crippen LogP contribution in [0.3, 0.4) is 0 Å². The third-order valence-electron chi connectivity index (χ3n) is 3.21. The fraction of sp³-hybridized carbons (Fsp3) is 0.0625. The molecule has 0 radical (unpaired) electrons. The predicted octanol–water partition coefficient (Wildman–Crippen LogP) is 3.27. The van der Waals surface area contributed by atoms with Crippen LogP contribution in [-0.4, -0.2) is 4.40 Å². The van der Waals surface area contributed by atoms with Gasteiger partial charge in [0.1, 0.15) is 0 Å². The lowest BCUT2D eigenvalue weighted by Crippen LogP contribution is -2.09. The van der Waals surface area contributed by atoms with Gasteiger partial charge in [-0.25, -0.2) is 0 Å². The average Bonchev–Trinajstić information content (AvgIpc) is 2.44. The summed E-state index contributed by atoms with van der Waals surface area (Å²) in [6, 6.07) is 17.6. The lowest BCUT2D eigenvalue weighted by molar-refractivity contribution is 1.14. The monoisotopic (exact) mass is 235 g/mol. The van der Waals surface area contributed by atoms with Crippen LogP contribution >= 0.6 is 0 Å². The van der Waals surface area contributed by atoms with E-state index in [1.165, 1.54) is 0 Å². The van der Waals surface area contributed by atoms with Gasteiger partial charge < -0.3 is 4.40 Å². The van der Waals surface area contributed by atoms with Gasteiger partial charge in [-0.2, -0.15) is 0 Å². The molecule has 3 aromatic rings. The Hall–Kier alpha value is -2.35. The second-order valence-electron chi connectivity index (χ2n) is 4.34. The molecule has 2 heteroatoms. The first-order chi connectivity index (χ1) is 8.77. The van der Waals surface area contributed by atoms with Crippen LogP contribution in [0.2, 0.25) is 0 Å². The minimum absolute atomic E-state index is 0.0834. The lowest BCUT2D eigenvalue weighted by atomic mass is 10.1. The summed E-state index contributed by atoms with van der Waals surface area (Å²) in [7, 11) is 0. The second-order valence-corrected chi connectivity index (χ2v) is 4.34. The van der Waals surface area contributed by atoms with Crippen LogP contribution in [0, 0.1) is 6.92 Å². The Balaban J connectivity index is 2.44. The normalized spacial score (nSPS) is 10.7. The molecule has 0 saturated carbocycles. The quantitative estimate of drug-likeness (QED) is 0.634. The third kappa shape index (κ3) is 1.63. The minimum Gasteiger partial charge on any atom is -0.316 e. The lowest BCUT2D eigenvalue weighted by Gasteiger charge is -2.10. The van der Waals surface area contributed by atoms with Crippen molar-refractivity contribution < 1.29 is 0 Å². The standard InChI is InChI=1S/C16H13NO/c1-12-14-9-5-6-10-17(14)15(11-16(12)18)13-7-3-2-4-8-13/h2-11H,1H3. The van der Waals surface area contributed by atoms with Gasteiger partial charge in [0.2, 0.25) is 0 Å². The van der Waals surface area contributed by atoms with Crippen LogP contribution in [0.5, 0.6) is 0 Å². The van der Waals surface area contributed by atoms with Gasteiger partial charge in [-0.1, -0.05) is 36.4 Å². The van der Waals surface area contributed by atoms with E-state index in [1.54, 1.807) is 6.07 Å². The van der Waals surface area contributed by atoms with Crippen molar-refractivity contribution in [2.75, 3.05) is 0 Å². The van der Waals surface area contributed by atoms with E-state index < -0.39 is 0 Å². The van der Waals surface area contributed by atoms with Gasteiger partial charge in [-0.15, -0.1) is 0 Å². The number of fused-ring (bicyclic) bond motifs is 1. The highest BCUT2D eigenvalue weighted by atomic mass is 16.1. The van der Waals surface area contributed by atoms with Gasteiger partial charge in [-0.05, 0) is 24.6 Å². The number of aromatic nitrogens is 1. The number of nitrogens with zero attached hydrogens (tertiary/aromatic N) is 1. The molecule has 0 aliphatic heterocycles. The molecular formula is C16H13NO. The molecule has 0 bridgehead atoms. The van der Waals surface area contributed by atoms with Crippen molar-refractivity contribution in [3.05, 3.63) is 76.6 Å². The summed E-state index contributed by atoms with van der Waals surface area (Å²) in [5.41, 5.74) is 3.82. The maximum Gasteiger partial charge on any atom is 0.185 e. The van der Waals surface area contributed by atoms with E-state index in [4.69, 9.17) is 0 Å². The highest BCUT2D eigenvalue weighted by Gasteiger charge is 2.07. The molecule has 1 aromatic carbocycles. The second kappa shape index (κ2) is 4.15. The van der Waals surface area contributed by atoms with Crippen molar-refractivity contribution in [2.24, 2.45) is 0 Å². The maximum atomic E-state index is 12.0. The first-order valence-corrected chi connectivity index (χ1v) is 5.94. The summed E-state index contributed by atoms with van der Waals surface area (Å²) in [5, 5.41) is 0. The van der Waals surface area contributed by atoms with E-state index in [-0.39, 0.29) is 5.43 Å². The molecule has 0 aliphatic carbocycles. The molecule has 2 aromatic heterocycles. The van der Waals surface area contributed by atoms with Gasteiger partial charge in [0.25, 0.3) is 0 Å². The predicted molar refractivity (Wildman–Crippen MR) is 73.8 cm³/mol. The van der Waals surface area contributed by atoms with Crippen molar-refractivity contribution in [3.63, 3.8) is 0 Å². The maximum absolute atomic E-state index is 12.0. The molecule has 0 atom stereocenters. The molecule has 18 heavy (non-hydrogen) atoms. The van der Waals surface area contributed by atoms with Gasteiger partial charge in [0, 0.05) is 17.8 Å². The smallest absolute Gasteiger partial charge is 0.185 e. The number of hydrogen-bond acceptors (Lipinski definition) is 1. The summed E-state index contributed by atoms with van der Waals surface area (Å²) in [6.45, 7) is 1.87. The molecule has 3 rings (SSSR count). The Morgan fingerprint density at radius 3 is 2.44 bits per heavy atom. The fourth-order valence-electron chi connectivity index (χ4n) is 2.22. The largest absolute Gasteiger partial charge is 0.316 e. The van der Waals surface area contributed by atoms with Gasteiger partial charge in [-0.3, -0.25) is 4.79 Å². The Labute approximate surface area is 105 Å². The first kappa shape index (κ1) is 10.8. The molecule has 0 N–H and O–H groups in total. The van der Waals surface area contributed by atoms with Gasteiger partial charge in [0.05, 0.1) is 11.2 Å². The van der Waals surface area contributed by atoms with Crippen molar-refractivity contribution in [1.82, 2.24) is 4.40 Å². The van der Waals surface area contributed by atoms with Crippen molar-refractivity contribution >= 4 is 5.52 Å². The first-order valence-electron chi connectivity index (χ1n) is 5.94. The van der Waals surface area contributed by atoms with Crippen molar-refractivity contribution in [1.29, 1.82) is 0 Å². The molecule has 0 saturated heterocycles. The number of benzene rings is 1. The van der Waals surface area contributed by atoms with Crippen LogP contribution in [0.1, 0.15) is 5.56 Å². The molecule has 2 heterocycles. The highest BCUT2D eigenvalue weighted by molar-refractivity contribution is 5.67. The summed E-state index contributed by atoms with van der Waals surface area (Å²) in [4.78, 5) is 12.0. The zero-order valence-electron chi connectivity index (χ0n) is 10.1. The molecular weight excluding hydrogens is 222 g/mol. The van der Waals surface area contributed by atoms with Gasteiger partial charge >= 0.3 is 0 Å². The van der Waals surface area contributed by atoms with E-state index in [0.717, 1.165) is 22.3 Å². The molecule has 0 aliphatic rings. The molecule has 2 nitrogen and oxygen atoms in total. The van der Waals surface area contributed by atoms with Crippen molar-refractivity contribution in [2.45, 2.75) is 6.92 Å². The van der Waals surface area contributed by atoms with Crippen LogP contribution in [0.15, 0.2) is 65.6 Å². The number of hydrogen-bond donors (Lipinski definition) is 0. The average molecular weight is 235 g/mol. The molecule has 0 spiro atoms. The van der Waals surface area contributed by atoms with E-state index in [0.29, 0.717) is 0 Å². The van der Waals surface area contributed by atoms with E-state index in [2.05, 4.69) is 4.40 Å². The van der Waals surface area contributed by atoms with E-state index in [9.17, 15) is 4.79 Å². The topological polar surface area (TPSA) is 21.5 Å². The summed E-state index contributed by atoms with van der Waals surface area (Å²) in [5.74, 6) is 0. The molecule has 0 unspecified atom stereocenters. The number of rotatable bonds is 1. The number of pyridine rings is 2. The Morgan fingerprint density at radius 2 is 1.67 bits per heavy atom. The highest BCUT2D eigenvalue weighted by Crippen LogP contribution is 2.20. The Bertz CT molecular complexity index is 757. The summed E-state index contributed by atoms with van der Waals surface area (Å²) in [6.07, 6.45) is 1.99. The summed E-state index contributed by atoms with van der Waals surface area (Å²) >= 11 is 0. The molecule has 0 amide bonds. The van der Waals surface area contributed by atoms with Crippen LogP contribution in [0.4, 0.5) is 0 Å². The van der Waals surface area contributed by atoms with E-state index >= 15 is 0 Å². The zero-order valence-corrected chi connectivity index (χ0v) is 10.1. The van der Waals surface area contributed by atoms with Crippen LogP contribution in [0.25, 0.3) is 16.8 Å². The molecule has 88 valence electrons. The van der Waals surface area contributed by atoms with Crippen LogP contribution in [-0.2, 0) is 0 Å². The Morgan fingerprint density at radius 1 is 0.944 bits per heavy atom. The van der Waals surface area contributed by atoms with Crippen LogP contribution < -0.4 is 5.43 Å². The van der Waals surface area contributed by atoms with Crippen molar-refractivity contribution in [3.8, 4) is 11.3 Å². The zero-order chi connectivity index (χ0) is 12.5. The minimum atomic E-state index is 0.0834. The Kier molecular flexibility index (Phi) is 2.49. The summed E-state index contributed by atoms with van der Waals surface area (Å²) < 4.78 is 2.06. The number of aryl methyl sites for hydroxylation is 1. The van der Waals surface area contributed by atoms with Gasteiger partial charge in [0.15, 0.2) is 5.43 Å². The molecule has 0 fully saturated rings.